The van der Waals surface area contributed by atoms with Crippen LogP contribution in [-0.4, -0.2) is 52.7 Å². The molecule has 21 heavy (non-hydrogen) atoms. The lowest BCUT2D eigenvalue weighted by Crippen LogP contribution is -2.63. The molecule has 0 saturated carbocycles. The zero-order valence-electron chi connectivity index (χ0n) is 13.0. The minimum Gasteiger partial charge on any atom is -0.341 e. The lowest BCUT2D eigenvalue weighted by Gasteiger charge is -2.35. The quantitative estimate of drug-likeness (QED) is 0.732. The van der Waals surface area contributed by atoms with Gasteiger partial charge in [0.2, 0.25) is 17.7 Å². The molecule has 0 aromatic carbocycles. The van der Waals surface area contributed by atoms with E-state index >= 15 is 0 Å². The number of hydrogen-bond acceptors (Lipinski definition) is 4. The summed E-state index contributed by atoms with van der Waals surface area (Å²) in [5, 5.41) is 2.16. The van der Waals surface area contributed by atoms with Crippen molar-refractivity contribution in [1.29, 1.82) is 0 Å². The Morgan fingerprint density at radius 3 is 2.29 bits per heavy atom. The molecule has 1 aliphatic heterocycles. The highest BCUT2D eigenvalue weighted by Crippen LogP contribution is 2.19. The van der Waals surface area contributed by atoms with Gasteiger partial charge in [-0.15, -0.1) is 0 Å². The summed E-state index contributed by atoms with van der Waals surface area (Å²) in [4.78, 5) is 50.7. The third-order valence-electron chi connectivity index (χ3n) is 3.70. The fourth-order valence-corrected chi connectivity index (χ4v) is 2.45. The summed E-state index contributed by atoms with van der Waals surface area (Å²) in [5.74, 6) is -2.35. The Labute approximate surface area is 124 Å². The van der Waals surface area contributed by atoms with Crippen LogP contribution >= 0.6 is 0 Å². The lowest BCUT2D eigenvalue weighted by molar-refractivity contribution is -0.149. The molecule has 0 aromatic heterocycles. The van der Waals surface area contributed by atoms with Gasteiger partial charge in [-0.1, -0.05) is 13.3 Å². The van der Waals surface area contributed by atoms with Crippen molar-refractivity contribution in [1.82, 2.24) is 15.1 Å². The predicted octanol–water partition coefficient (Wildman–Crippen LogP) is 0.738. The third-order valence-corrected chi connectivity index (χ3v) is 3.70. The maximum Gasteiger partial charge on any atom is 0.331 e. The number of rotatable bonds is 6. The summed E-state index contributed by atoms with van der Waals surface area (Å²) >= 11 is 0. The van der Waals surface area contributed by atoms with E-state index in [-0.39, 0.29) is 5.91 Å². The van der Waals surface area contributed by atoms with Crippen molar-refractivity contribution < 1.29 is 19.2 Å². The van der Waals surface area contributed by atoms with Crippen LogP contribution in [0.15, 0.2) is 0 Å². The van der Waals surface area contributed by atoms with Crippen LogP contribution in [0.5, 0.6) is 0 Å². The van der Waals surface area contributed by atoms with Crippen molar-refractivity contribution >= 4 is 23.8 Å². The van der Waals surface area contributed by atoms with Crippen LogP contribution in [0.3, 0.4) is 0 Å². The lowest BCUT2D eigenvalue weighted by atomic mass is 9.98. The number of likely N-dealkylation sites (N-methyl/N-ethyl adjacent to an activating group) is 1. The van der Waals surface area contributed by atoms with E-state index in [0.29, 0.717) is 25.9 Å². The second-order valence-corrected chi connectivity index (χ2v) is 5.03. The zero-order chi connectivity index (χ0) is 16.2. The van der Waals surface area contributed by atoms with Crippen LogP contribution in [0, 0.1) is 5.92 Å². The van der Waals surface area contributed by atoms with Crippen LogP contribution < -0.4 is 5.32 Å². The van der Waals surface area contributed by atoms with Crippen LogP contribution in [0.4, 0.5) is 4.79 Å². The first-order valence-electron chi connectivity index (χ1n) is 7.35. The van der Waals surface area contributed by atoms with Gasteiger partial charge in [0.05, 0.1) is 0 Å². The highest BCUT2D eigenvalue weighted by Gasteiger charge is 2.44. The van der Waals surface area contributed by atoms with Crippen molar-refractivity contribution in [2.24, 2.45) is 5.92 Å². The molecule has 1 heterocycles. The van der Waals surface area contributed by atoms with Crippen molar-refractivity contribution in [2.75, 3.05) is 13.1 Å². The molecule has 0 spiro atoms. The third kappa shape index (κ3) is 3.40. The molecule has 7 heteroatoms. The molecule has 0 bridgehead atoms. The molecule has 1 N–H and O–H groups in total. The molecule has 2 atom stereocenters. The van der Waals surface area contributed by atoms with Gasteiger partial charge in [0.25, 0.3) is 0 Å². The number of carbonyl (C=O) groups is 4. The topological polar surface area (TPSA) is 86.8 Å². The Morgan fingerprint density at radius 1 is 1.24 bits per heavy atom. The van der Waals surface area contributed by atoms with Gasteiger partial charge in [-0.3, -0.25) is 24.6 Å². The highest BCUT2D eigenvalue weighted by molar-refractivity contribution is 6.17. The molecule has 1 saturated heterocycles. The van der Waals surface area contributed by atoms with Gasteiger partial charge in [-0.05, 0) is 27.2 Å². The number of nitrogens with one attached hydrogen (secondary N) is 1. The number of carbonyl (C=O) groups excluding carboxylic acids is 4. The molecule has 1 fully saturated rings. The van der Waals surface area contributed by atoms with Gasteiger partial charge in [0.15, 0.2) is 0 Å². The fourth-order valence-electron chi connectivity index (χ4n) is 2.45. The number of imide groups is 2. The maximum absolute atomic E-state index is 12.4. The summed E-state index contributed by atoms with van der Waals surface area (Å²) < 4.78 is 0. The molecule has 2 unspecified atom stereocenters. The second kappa shape index (κ2) is 7.19. The van der Waals surface area contributed by atoms with Gasteiger partial charge >= 0.3 is 6.03 Å². The Kier molecular flexibility index (Phi) is 5.87. The van der Waals surface area contributed by atoms with E-state index in [9.17, 15) is 19.2 Å². The Hall–Kier alpha value is -1.92. The average molecular weight is 297 g/mol. The summed E-state index contributed by atoms with van der Waals surface area (Å²) in [6.45, 7) is 8.02. The molecule has 7 nitrogen and oxygen atoms in total. The van der Waals surface area contributed by atoms with Crippen LogP contribution in [0.1, 0.15) is 40.5 Å². The normalized spacial score (nSPS) is 20.3. The van der Waals surface area contributed by atoms with Crippen molar-refractivity contribution in [3.63, 3.8) is 0 Å². The monoisotopic (exact) mass is 297 g/mol. The van der Waals surface area contributed by atoms with E-state index in [4.69, 9.17) is 0 Å². The van der Waals surface area contributed by atoms with Crippen LogP contribution in [0.25, 0.3) is 0 Å². The maximum atomic E-state index is 12.4. The van der Waals surface area contributed by atoms with Crippen LogP contribution in [0.2, 0.25) is 0 Å². The number of barbiturate groups is 1. The molecule has 5 amide bonds. The molecular formula is C14H23N3O4. The van der Waals surface area contributed by atoms with Gasteiger partial charge in [-0.25, -0.2) is 4.79 Å². The first-order valence-corrected chi connectivity index (χ1v) is 7.35. The molecule has 0 radical (unpaired) electrons. The van der Waals surface area contributed by atoms with E-state index in [1.54, 1.807) is 4.90 Å². The van der Waals surface area contributed by atoms with Gasteiger partial charge in [-0.2, -0.15) is 0 Å². The summed E-state index contributed by atoms with van der Waals surface area (Å²) in [5.41, 5.74) is 0. The molecular weight excluding hydrogens is 274 g/mol. The molecule has 0 aromatic rings. The first-order chi connectivity index (χ1) is 9.88. The molecule has 118 valence electrons. The predicted molar refractivity (Wildman–Crippen MR) is 76.2 cm³/mol. The summed E-state index contributed by atoms with van der Waals surface area (Å²) in [6, 6.07) is -1.73. The van der Waals surface area contributed by atoms with E-state index in [1.165, 1.54) is 6.92 Å². The largest absolute Gasteiger partial charge is 0.341 e. The van der Waals surface area contributed by atoms with Gasteiger partial charge in [0.1, 0.15) is 12.0 Å². The minimum atomic E-state index is -0.912. The van der Waals surface area contributed by atoms with Crippen molar-refractivity contribution in [3.8, 4) is 0 Å². The Bertz CT molecular complexity index is 446. The summed E-state index contributed by atoms with van der Waals surface area (Å²) in [6.07, 6.45) is 1.00. The smallest absolute Gasteiger partial charge is 0.331 e. The SMILES string of the molecule is CCCC1C(=O)NC(=O)N(C(C)C(=O)N(CC)CC)C1=O. The average Bonchev–Trinajstić information content (AvgIpc) is 2.44. The van der Waals surface area contributed by atoms with E-state index in [2.05, 4.69) is 5.32 Å². The Balaban J connectivity index is 2.98. The second-order valence-electron chi connectivity index (χ2n) is 5.03. The fraction of sp³-hybridized carbons (Fsp3) is 0.714. The van der Waals surface area contributed by atoms with Gasteiger partial charge < -0.3 is 4.90 Å². The molecule has 1 rings (SSSR count). The standard InChI is InChI=1S/C14H23N3O4/c1-5-8-10-11(18)15-14(21)17(13(10)20)9(4)12(19)16(6-2)7-3/h9-10H,5-8H2,1-4H3,(H,15,18,21). The molecule has 0 aliphatic carbocycles. The van der Waals surface area contributed by atoms with Crippen molar-refractivity contribution in [3.05, 3.63) is 0 Å². The van der Waals surface area contributed by atoms with E-state index in [1.807, 2.05) is 20.8 Å². The minimum absolute atomic E-state index is 0.298. The number of amides is 5. The van der Waals surface area contributed by atoms with E-state index in [0.717, 1.165) is 4.90 Å². The first kappa shape index (κ1) is 17.1. The van der Waals surface area contributed by atoms with E-state index < -0.39 is 29.8 Å². The Morgan fingerprint density at radius 2 is 1.81 bits per heavy atom. The number of urea groups is 1. The highest BCUT2D eigenvalue weighted by atomic mass is 16.2. The number of nitrogens with zero attached hydrogens (tertiary/aromatic N) is 2. The van der Waals surface area contributed by atoms with Gasteiger partial charge in [0, 0.05) is 13.1 Å². The zero-order valence-corrected chi connectivity index (χ0v) is 13.0. The number of hydrogen-bond donors (Lipinski definition) is 1. The van der Waals surface area contributed by atoms with Crippen LogP contribution in [-0.2, 0) is 14.4 Å². The molecule has 1 aliphatic rings. The van der Waals surface area contributed by atoms with Crippen molar-refractivity contribution in [2.45, 2.75) is 46.6 Å². The summed E-state index contributed by atoms with van der Waals surface area (Å²) in [7, 11) is 0.